The summed E-state index contributed by atoms with van der Waals surface area (Å²) >= 11 is 5.09. The molecule has 0 spiro atoms. The van der Waals surface area contributed by atoms with Gasteiger partial charge in [0.1, 0.15) is 4.60 Å². The second-order valence-corrected chi connectivity index (χ2v) is 5.72. The molecule has 2 heterocycles. The van der Waals surface area contributed by atoms with Crippen molar-refractivity contribution in [2.75, 3.05) is 18.0 Å². The standard InChI is InChI=1S/C10H16BrN3S/c1-7-3-2-4-14(8(7)5-12)10-13-9(11)6-15-10/h6-8H,2-5,12H2,1H3. The summed E-state index contributed by atoms with van der Waals surface area (Å²) in [6.07, 6.45) is 2.53. The Bertz CT molecular complexity index is 328. The molecule has 0 saturated carbocycles. The molecule has 1 aliphatic heterocycles. The van der Waals surface area contributed by atoms with Crippen molar-refractivity contribution in [1.82, 2.24) is 4.98 Å². The van der Waals surface area contributed by atoms with Crippen LogP contribution in [0.5, 0.6) is 0 Å². The van der Waals surface area contributed by atoms with Gasteiger partial charge in [-0.05, 0) is 34.7 Å². The molecule has 0 aliphatic carbocycles. The molecule has 5 heteroatoms. The summed E-state index contributed by atoms with van der Waals surface area (Å²) in [5.41, 5.74) is 5.85. The van der Waals surface area contributed by atoms with Crippen molar-refractivity contribution in [3.8, 4) is 0 Å². The van der Waals surface area contributed by atoms with Crippen molar-refractivity contribution in [2.45, 2.75) is 25.8 Å². The van der Waals surface area contributed by atoms with E-state index in [9.17, 15) is 0 Å². The smallest absolute Gasteiger partial charge is 0.186 e. The van der Waals surface area contributed by atoms with Crippen molar-refractivity contribution in [1.29, 1.82) is 0 Å². The second kappa shape index (κ2) is 4.80. The molecule has 2 atom stereocenters. The summed E-state index contributed by atoms with van der Waals surface area (Å²) in [6, 6.07) is 0.455. The Labute approximate surface area is 103 Å². The maximum atomic E-state index is 5.85. The molecular weight excluding hydrogens is 274 g/mol. The topological polar surface area (TPSA) is 42.2 Å². The number of hydrogen-bond donors (Lipinski definition) is 1. The fourth-order valence-corrected chi connectivity index (χ4v) is 3.56. The van der Waals surface area contributed by atoms with E-state index in [-0.39, 0.29) is 0 Å². The molecule has 2 unspecified atom stereocenters. The Hall–Kier alpha value is -0.130. The van der Waals surface area contributed by atoms with Gasteiger partial charge in [-0.15, -0.1) is 11.3 Å². The number of hydrogen-bond acceptors (Lipinski definition) is 4. The highest BCUT2D eigenvalue weighted by atomic mass is 79.9. The molecule has 1 saturated heterocycles. The Morgan fingerprint density at radius 3 is 3.13 bits per heavy atom. The molecule has 1 aromatic rings. The van der Waals surface area contributed by atoms with Crippen LogP contribution in [-0.4, -0.2) is 24.1 Å². The lowest BCUT2D eigenvalue weighted by molar-refractivity contribution is 0.349. The Balaban J connectivity index is 2.19. The van der Waals surface area contributed by atoms with Crippen LogP contribution < -0.4 is 10.6 Å². The van der Waals surface area contributed by atoms with Crippen LogP contribution >= 0.6 is 27.3 Å². The van der Waals surface area contributed by atoms with Gasteiger partial charge in [0.15, 0.2) is 5.13 Å². The first-order valence-corrected chi connectivity index (χ1v) is 6.97. The largest absolute Gasteiger partial charge is 0.344 e. The van der Waals surface area contributed by atoms with E-state index in [1.807, 2.05) is 5.38 Å². The third-order valence-electron chi connectivity index (χ3n) is 3.07. The van der Waals surface area contributed by atoms with Crippen LogP contribution in [0.1, 0.15) is 19.8 Å². The lowest BCUT2D eigenvalue weighted by Crippen LogP contribution is -2.48. The van der Waals surface area contributed by atoms with Crippen LogP contribution in [-0.2, 0) is 0 Å². The SMILES string of the molecule is CC1CCCN(c2nc(Br)cs2)C1CN. The first-order valence-electron chi connectivity index (χ1n) is 5.30. The van der Waals surface area contributed by atoms with E-state index in [4.69, 9.17) is 5.73 Å². The molecule has 0 bridgehead atoms. The number of nitrogens with zero attached hydrogens (tertiary/aromatic N) is 2. The van der Waals surface area contributed by atoms with Gasteiger partial charge in [0.2, 0.25) is 0 Å². The van der Waals surface area contributed by atoms with Crippen molar-refractivity contribution in [3.63, 3.8) is 0 Å². The normalized spacial score (nSPS) is 27.0. The van der Waals surface area contributed by atoms with Crippen molar-refractivity contribution in [3.05, 3.63) is 9.98 Å². The zero-order valence-electron chi connectivity index (χ0n) is 8.82. The van der Waals surface area contributed by atoms with Crippen LogP contribution in [0.3, 0.4) is 0 Å². The first kappa shape index (κ1) is 11.4. The van der Waals surface area contributed by atoms with Gasteiger partial charge in [-0.1, -0.05) is 6.92 Å². The summed E-state index contributed by atoms with van der Waals surface area (Å²) in [5, 5.41) is 3.13. The van der Waals surface area contributed by atoms with Crippen LogP contribution in [0.15, 0.2) is 9.98 Å². The van der Waals surface area contributed by atoms with Crippen LogP contribution in [0.25, 0.3) is 0 Å². The van der Waals surface area contributed by atoms with E-state index >= 15 is 0 Å². The number of aromatic nitrogens is 1. The summed E-state index contributed by atoms with van der Waals surface area (Å²) in [6.45, 7) is 4.09. The number of nitrogens with two attached hydrogens (primary N) is 1. The maximum absolute atomic E-state index is 5.85. The molecule has 0 aromatic carbocycles. The van der Waals surface area contributed by atoms with E-state index in [1.165, 1.54) is 12.8 Å². The van der Waals surface area contributed by atoms with Crippen LogP contribution in [0.2, 0.25) is 0 Å². The lowest BCUT2D eigenvalue weighted by Gasteiger charge is -2.39. The predicted octanol–water partition coefficient (Wildman–Crippen LogP) is 2.47. The molecule has 2 N–H and O–H groups in total. The Kier molecular flexibility index (Phi) is 3.64. The van der Waals surface area contributed by atoms with Gasteiger partial charge in [-0.3, -0.25) is 0 Å². The highest BCUT2D eigenvalue weighted by molar-refractivity contribution is 9.10. The van der Waals surface area contributed by atoms with E-state index in [2.05, 4.69) is 32.7 Å². The van der Waals surface area contributed by atoms with E-state index < -0.39 is 0 Å². The van der Waals surface area contributed by atoms with Crippen LogP contribution in [0.4, 0.5) is 5.13 Å². The van der Waals surface area contributed by atoms with Crippen molar-refractivity contribution < 1.29 is 0 Å². The fourth-order valence-electron chi connectivity index (χ4n) is 2.22. The molecule has 0 amide bonds. The fraction of sp³-hybridized carbons (Fsp3) is 0.700. The average molecular weight is 290 g/mol. The molecule has 15 heavy (non-hydrogen) atoms. The summed E-state index contributed by atoms with van der Waals surface area (Å²) < 4.78 is 0.927. The number of piperidine rings is 1. The van der Waals surface area contributed by atoms with Crippen molar-refractivity contribution in [2.24, 2.45) is 11.7 Å². The predicted molar refractivity (Wildman–Crippen MR) is 68.4 cm³/mol. The minimum Gasteiger partial charge on any atom is -0.344 e. The van der Waals surface area contributed by atoms with Crippen LogP contribution in [0, 0.1) is 5.92 Å². The highest BCUT2D eigenvalue weighted by Gasteiger charge is 2.28. The zero-order chi connectivity index (χ0) is 10.8. The Morgan fingerprint density at radius 1 is 1.73 bits per heavy atom. The third-order valence-corrected chi connectivity index (χ3v) is 4.65. The molecule has 2 rings (SSSR count). The first-order chi connectivity index (χ1) is 7.22. The molecule has 84 valence electrons. The van der Waals surface area contributed by atoms with Gasteiger partial charge in [0.05, 0.1) is 0 Å². The Morgan fingerprint density at radius 2 is 2.53 bits per heavy atom. The van der Waals surface area contributed by atoms with Crippen molar-refractivity contribution >= 4 is 32.4 Å². The van der Waals surface area contributed by atoms with Gasteiger partial charge in [0.25, 0.3) is 0 Å². The van der Waals surface area contributed by atoms with E-state index in [0.29, 0.717) is 12.0 Å². The average Bonchev–Trinajstić information content (AvgIpc) is 2.64. The minimum atomic E-state index is 0.455. The molecular formula is C10H16BrN3S. The minimum absolute atomic E-state index is 0.455. The van der Waals surface area contributed by atoms with Gasteiger partial charge >= 0.3 is 0 Å². The summed E-state index contributed by atoms with van der Waals surface area (Å²) in [4.78, 5) is 6.84. The number of thiazole rings is 1. The summed E-state index contributed by atoms with van der Waals surface area (Å²) in [7, 11) is 0. The van der Waals surface area contributed by atoms with Gasteiger partial charge in [-0.2, -0.15) is 0 Å². The lowest BCUT2D eigenvalue weighted by atomic mass is 9.91. The number of halogens is 1. The van der Waals surface area contributed by atoms with Gasteiger partial charge in [-0.25, -0.2) is 4.98 Å². The number of rotatable bonds is 2. The summed E-state index contributed by atoms with van der Waals surface area (Å²) in [5.74, 6) is 0.673. The number of anilines is 1. The van der Waals surface area contributed by atoms with Gasteiger partial charge in [0, 0.05) is 24.5 Å². The zero-order valence-corrected chi connectivity index (χ0v) is 11.2. The highest BCUT2D eigenvalue weighted by Crippen LogP contribution is 2.31. The molecule has 1 aliphatic rings. The molecule has 0 radical (unpaired) electrons. The molecule has 3 nitrogen and oxygen atoms in total. The monoisotopic (exact) mass is 289 g/mol. The van der Waals surface area contributed by atoms with E-state index in [1.54, 1.807) is 11.3 Å². The second-order valence-electron chi connectivity index (χ2n) is 4.07. The van der Waals surface area contributed by atoms with Gasteiger partial charge < -0.3 is 10.6 Å². The van der Waals surface area contributed by atoms with E-state index in [0.717, 1.165) is 22.8 Å². The molecule has 1 fully saturated rings. The molecule has 1 aromatic heterocycles. The third kappa shape index (κ3) is 2.34. The quantitative estimate of drug-likeness (QED) is 0.910. The maximum Gasteiger partial charge on any atom is 0.186 e.